The minimum absolute atomic E-state index is 0.295. The quantitative estimate of drug-likeness (QED) is 0.825. The molecule has 1 fully saturated rings. The van der Waals surface area contributed by atoms with Crippen LogP contribution in [0, 0.1) is 5.92 Å². The lowest BCUT2D eigenvalue weighted by molar-refractivity contribution is 0.0600. The standard InChI is InChI=1S/C15H21NO3/c1-11(14-7-8-19-10-14)16-9-12-3-5-13(6-4-12)15(17)18-2/h3-6,11,14,16H,7-10H2,1-2H3/t11-,14-/m1/s1. The van der Waals surface area contributed by atoms with Crippen LogP contribution < -0.4 is 5.32 Å². The van der Waals surface area contributed by atoms with E-state index in [9.17, 15) is 4.79 Å². The summed E-state index contributed by atoms with van der Waals surface area (Å²) in [5, 5.41) is 3.51. The molecule has 1 heterocycles. The SMILES string of the molecule is COC(=O)c1ccc(CN[C@H](C)[C@@H]2CCOC2)cc1. The average molecular weight is 263 g/mol. The monoisotopic (exact) mass is 263 g/mol. The second-order valence-electron chi connectivity index (χ2n) is 4.98. The molecular weight excluding hydrogens is 242 g/mol. The molecule has 0 spiro atoms. The molecular formula is C15H21NO3. The molecule has 0 saturated carbocycles. The molecule has 0 amide bonds. The van der Waals surface area contributed by atoms with E-state index in [1.165, 1.54) is 12.7 Å². The van der Waals surface area contributed by atoms with Gasteiger partial charge in [-0.3, -0.25) is 0 Å². The molecule has 1 aromatic carbocycles. The maximum Gasteiger partial charge on any atom is 0.337 e. The van der Waals surface area contributed by atoms with Crippen LogP contribution in [0.4, 0.5) is 0 Å². The number of hydrogen-bond donors (Lipinski definition) is 1. The van der Waals surface area contributed by atoms with E-state index in [0.29, 0.717) is 17.5 Å². The van der Waals surface area contributed by atoms with Gasteiger partial charge >= 0.3 is 5.97 Å². The van der Waals surface area contributed by atoms with Gasteiger partial charge in [-0.25, -0.2) is 4.79 Å². The van der Waals surface area contributed by atoms with E-state index in [1.54, 1.807) is 12.1 Å². The fourth-order valence-electron chi connectivity index (χ4n) is 2.27. The summed E-state index contributed by atoms with van der Waals surface area (Å²) < 4.78 is 10.1. The van der Waals surface area contributed by atoms with Crippen molar-refractivity contribution in [3.8, 4) is 0 Å². The molecule has 19 heavy (non-hydrogen) atoms. The average Bonchev–Trinajstić information content (AvgIpc) is 2.98. The van der Waals surface area contributed by atoms with Crippen LogP contribution in [-0.4, -0.2) is 32.3 Å². The number of methoxy groups -OCH3 is 1. The van der Waals surface area contributed by atoms with Crippen LogP contribution >= 0.6 is 0 Å². The van der Waals surface area contributed by atoms with Gasteiger partial charge in [0.2, 0.25) is 0 Å². The zero-order chi connectivity index (χ0) is 13.7. The van der Waals surface area contributed by atoms with Crippen LogP contribution in [0.5, 0.6) is 0 Å². The Morgan fingerprint density at radius 1 is 1.47 bits per heavy atom. The summed E-state index contributed by atoms with van der Waals surface area (Å²) in [5.41, 5.74) is 1.75. The van der Waals surface area contributed by atoms with Crippen molar-refractivity contribution in [2.24, 2.45) is 5.92 Å². The van der Waals surface area contributed by atoms with E-state index in [-0.39, 0.29) is 5.97 Å². The molecule has 0 radical (unpaired) electrons. The van der Waals surface area contributed by atoms with E-state index >= 15 is 0 Å². The van der Waals surface area contributed by atoms with E-state index in [4.69, 9.17) is 4.74 Å². The highest BCUT2D eigenvalue weighted by atomic mass is 16.5. The number of nitrogens with one attached hydrogen (secondary N) is 1. The number of carbonyl (C=O) groups excluding carboxylic acids is 1. The third kappa shape index (κ3) is 3.78. The summed E-state index contributed by atoms with van der Waals surface area (Å²) in [6, 6.07) is 7.95. The molecule has 4 nitrogen and oxygen atoms in total. The molecule has 0 aliphatic carbocycles. The predicted molar refractivity (Wildman–Crippen MR) is 73.0 cm³/mol. The highest BCUT2D eigenvalue weighted by Crippen LogP contribution is 2.16. The number of benzene rings is 1. The third-order valence-electron chi connectivity index (χ3n) is 3.68. The Labute approximate surface area is 114 Å². The van der Waals surface area contributed by atoms with Crippen LogP contribution in [0.25, 0.3) is 0 Å². The number of carbonyl (C=O) groups is 1. The van der Waals surface area contributed by atoms with Gasteiger partial charge in [-0.2, -0.15) is 0 Å². The van der Waals surface area contributed by atoms with Crippen LogP contribution in [0.2, 0.25) is 0 Å². The lowest BCUT2D eigenvalue weighted by Gasteiger charge is -2.19. The topological polar surface area (TPSA) is 47.6 Å². The summed E-state index contributed by atoms with van der Waals surface area (Å²) in [6.07, 6.45) is 1.13. The molecule has 0 unspecified atom stereocenters. The summed E-state index contributed by atoms with van der Waals surface area (Å²) in [7, 11) is 1.39. The fourth-order valence-corrected chi connectivity index (χ4v) is 2.27. The van der Waals surface area contributed by atoms with E-state index in [2.05, 4.69) is 17.0 Å². The van der Waals surface area contributed by atoms with Gasteiger partial charge in [0.25, 0.3) is 0 Å². The number of rotatable bonds is 5. The van der Waals surface area contributed by atoms with Gasteiger partial charge in [0, 0.05) is 19.2 Å². The first-order chi connectivity index (χ1) is 9.20. The van der Waals surface area contributed by atoms with Crippen molar-refractivity contribution in [1.82, 2.24) is 5.32 Å². The van der Waals surface area contributed by atoms with Crippen molar-refractivity contribution in [2.75, 3.05) is 20.3 Å². The van der Waals surface area contributed by atoms with Crippen molar-refractivity contribution < 1.29 is 14.3 Å². The van der Waals surface area contributed by atoms with Gasteiger partial charge < -0.3 is 14.8 Å². The molecule has 2 rings (SSSR count). The van der Waals surface area contributed by atoms with Crippen LogP contribution in [0.3, 0.4) is 0 Å². The molecule has 1 aliphatic rings. The molecule has 1 saturated heterocycles. The van der Waals surface area contributed by atoms with Crippen LogP contribution in [-0.2, 0) is 16.0 Å². The lowest BCUT2D eigenvalue weighted by atomic mass is 10.0. The van der Waals surface area contributed by atoms with Gasteiger partial charge in [-0.05, 0) is 37.0 Å². The molecule has 1 aliphatic heterocycles. The van der Waals surface area contributed by atoms with E-state index in [0.717, 1.165) is 26.2 Å². The van der Waals surface area contributed by atoms with Crippen LogP contribution in [0.1, 0.15) is 29.3 Å². The lowest BCUT2D eigenvalue weighted by Crippen LogP contribution is -2.33. The minimum Gasteiger partial charge on any atom is -0.465 e. The Bertz CT molecular complexity index is 410. The van der Waals surface area contributed by atoms with Crippen molar-refractivity contribution in [2.45, 2.75) is 25.9 Å². The zero-order valence-electron chi connectivity index (χ0n) is 11.5. The molecule has 1 aromatic rings. The molecule has 0 aromatic heterocycles. The zero-order valence-corrected chi connectivity index (χ0v) is 11.5. The van der Waals surface area contributed by atoms with Crippen LogP contribution in [0.15, 0.2) is 24.3 Å². The molecule has 2 atom stereocenters. The Morgan fingerprint density at radius 3 is 2.79 bits per heavy atom. The molecule has 104 valence electrons. The Hall–Kier alpha value is -1.39. The maximum atomic E-state index is 11.3. The smallest absolute Gasteiger partial charge is 0.337 e. The Kier molecular flexibility index (Phi) is 4.93. The van der Waals surface area contributed by atoms with Gasteiger partial charge in [0.15, 0.2) is 0 Å². The highest BCUT2D eigenvalue weighted by molar-refractivity contribution is 5.89. The second kappa shape index (κ2) is 6.68. The third-order valence-corrected chi connectivity index (χ3v) is 3.68. The normalized spacial score (nSPS) is 20.2. The van der Waals surface area contributed by atoms with Gasteiger partial charge in [-0.15, -0.1) is 0 Å². The summed E-state index contributed by atoms with van der Waals surface area (Å²) >= 11 is 0. The number of esters is 1. The maximum absolute atomic E-state index is 11.3. The first-order valence-corrected chi connectivity index (χ1v) is 6.69. The fraction of sp³-hybridized carbons (Fsp3) is 0.533. The van der Waals surface area contributed by atoms with E-state index in [1.807, 2.05) is 12.1 Å². The largest absolute Gasteiger partial charge is 0.465 e. The Morgan fingerprint density at radius 2 is 2.21 bits per heavy atom. The second-order valence-corrected chi connectivity index (χ2v) is 4.98. The first-order valence-electron chi connectivity index (χ1n) is 6.69. The van der Waals surface area contributed by atoms with E-state index < -0.39 is 0 Å². The van der Waals surface area contributed by atoms with Crippen molar-refractivity contribution in [1.29, 1.82) is 0 Å². The summed E-state index contributed by atoms with van der Waals surface area (Å²) in [6.45, 7) is 4.74. The van der Waals surface area contributed by atoms with Crippen molar-refractivity contribution >= 4 is 5.97 Å². The summed E-state index contributed by atoms with van der Waals surface area (Å²) in [5.74, 6) is 0.310. The predicted octanol–water partition coefficient (Wildman–Crippen LogP) is 1.99. The van der Waals surface area contributed by atoms with Gasteiger partial charge in [-0.1, -0.05) is 12.1 Å². The van der Waals surface area contributed by atoms with Gasteiger partial charge in [0.05, 0.1) is 19.3 Å². The minimum atomic E-state index is -0.295. The molecule has 1 N–H and O–H groups in total. The summed E-state index contributed by atoms with van der Waals surface area (Å²) in [4.78, 5) is 11.3. The first kappa shape index (κ1) is 14.0. The number of hydrogen-bond acceptors (Lipinski definition) is 4. The molecule has 4 heteroatoms. The van der Waals surface area contributed by atoms with Crippen molar-refractivity contribution in [3.63, 3.8) is 0 Å². The highest BCUT2D eigenvalue weighted by Gasteiger charge is 2.21. The Balaban J connectivity index is 1.84. The van der Waals surface area contributed by atoms with Crippen molar-refractivity contribution in [3.05, 3.63) is 35.4 Å². The number of ether oxygens (including phenoxy) is 2. The van der Waals surface area contributed by atoms with Gasteiger partial charge in [0.1, 0.15) is 0 Å². The molecule has 0 bridgehead atoms.